The normalized spacial score (nSPS) is 21.6. The van der Waals surface area contributed by atoms with Crippen LogP contribution in [-0.4, -0.2) is 144 Å². The number of imidazole rings is 1. The van der Waals surface area contributed by atoms with Gasteiger partial charge in [-0.2, -0.15) is 5.26 Å². The van der Waals surface area contributed by atoms with E-state index < -0.39 is 94.5 Å². The molecular weight excluding hydrogens is 1150 g/mol. The third-order valence-electron chi connectivity index (χ3n) is 14.5. The first-order valence-electron chi connectivity index (χ1n) is 27.5. The smallest absolute Gasteiger partial charge is 0.356 e. The zero-order chi connectivity index (χ0) is 61.1. The van der Waals surface area contributed by atoms with Gasteiger partial charge >= 0.3 is 13.3 Å². The number of anilines is 1. The summed E-state index contributed by atoms with van der Waals surface area (Å²) in [5.74, 6) is 0.913. The molecule has 2 aliphatic heterocycles. The zero-order valence-electron chi connectivity index (χ0n) is 48.9. The minimum absolute atomic E-state index is 0.0148. The van der Waals surface area contributed by atoms with Gasteiger partial charge in [0.25, 0.3) is 20.0 Å². The molecule has 9 rings (SSSR count). The first-order valence-corrected chi connectivity index (χ1v) is 30.4. The van der Waals surface area contributed by atoms with Crippen molar-refractivity contribution in [1.29, 1.82) is 5.26 Å². The van der Waals surface area contributed by atoms with Gasteiger partial charge in [0.15, 0.2) is 42.1 Å². The number of amides is 1. The molecule has 7 aromatic rings. The van der Waals surface area contributed by atoms with Crippen molar-refractivity contribution in [2.75, 3.05) is 60.4 Å². The minimum Gasteiger partial charge on any atom is -0.497 e. The maximum atomic E-state index is 15.6. The number of rotatable bonds is 28. The third kappa shape index (κ3) is 13.7. The molecule has 0 bridgehead atoms. The number of aromatic nitrogens is 6. The summed E-state index contributed by atoms with van der Waals surface area (Å²) in [5.41, 5.74) is 0.158. The third-order valence-corrected chi connectivity index (χ3v) is 18.2. The van der Waals surface area contributed by atoms with Gasteiger partial charge in [-0.15, -0.1) is 0 Å². The number of hydrogen-bond acceptors (Lipinski definition) is 21. The number of benzene rings is 4. The molecule has 2 aliphatic rings. The summed E-state index contributed by atoms with van der Waals surface area (Å²) in [4.78, 5) is 55.0. The topological polar surface area (TPSA) is 282 Å². The summed E-state index contributed by atoms with van der Waals surface area (Å²) in [7, 11) is 0.621. The Kier molecular flexibility index (Phi) is 21.1. The molecule has 5 heterocycles. The van der Waals surface area contributed by atoms with E-state index in [-0.39, 0.29) is 48.7 Å². The van der Waals surface area contributed by atoms with Crippen molar-refractivity contribution in [2.45, 2.75) is 101 Å². The van der Waals surface area contributed by atoms with E-state index in [4.69, 9.17) is 56.0 Å². The van der Waals surface area contributed by atoms with Crippen molar-refractivity contribution >= 4 is 39.0 Å². The molecule has 3 unspecified atom stereocenters. The molecule has 0 aliphatic carbocycles. The fourth-order valence-electron chi connectivity index (χ4n) is 10.5. The highest BCUT2D eigenvalue weighted by atomic mass is 31.2. The van der Waals surface area contributed by atoms with Crippen molar-refractivity contribution in [3.05, 3.63) is 177 Å². The van der Waals surface area contributed by atoms with E-state index in [0.29, 0.717) is 28.2 Å². The Morgan fingerprint density at radius 1 is 0.779 bits per heavy atom. The fourth-order valence-corrected chi connectivity index (χ4v) is 13.4. The molecule has 3 aromatic heterocycles. The van der Waals surface area contributed by atoms with Crippen molar-refractivity contribution in [1.82, 2.24) is 33.7 Å². The summed E-state index contributed by atoms with van der Waals surface area (Å²) in [6.07, 6.45) is -6.64. The number of ether oxygens (including phenoxy) is 8. The average Bonchev–Trinajstić information content (AvgIpc) is 1.32. The summed E-state index contributed by atoms with van der Waals surface area (Å²) < 4.78 is 96.9. The van der Waals surface area contributed by atoms with Crippen LogP contribution >= 0.6 is 16.1 Å². The number of H-pyrrole nitrogens is 1. The second-order valence-electron chi connectivity index (χ2n) is 20.3. The number of nitrogens with one attached hydrogen (secondary N) is 2. The number of carbonyl (C=O) groups excluding carboxylic acids is 1. The molecule has 10 atom stereocenters. The van der Waals surface area contributed by atoms with E-state index >= 15 is 4.57 Å². The van der Waals surface area contributed by atoms with Crippen LogP contribution in [0.2, 0.25) is 0 Å². The minimum atomic E-state index is -4.55. The lowest BCUT2D eigenvalue weighted by atomic mass is 9.80. The van der Waals surface area contributed by atoms with Crippen LogP contribution < -0.4 is 26.0 Å². The lowest BCUT2D eigenvalue weighted by Gasteiger charge is -2.38. The number of fused-ring (bicyclic) bond motifs is 1. The summed E-state index contributed by atoms with van der Waals surface area (Å²) in [6.45, 7) is 7.59. The molecule has 0 saturated carbocycles. The van der Waals surface area contributed by atoms with E-state index in [9.17, 15) is 19.6 Å². The lowest BCUT2D eigenvalue weighted by Crippen LogP contribution is -2.42. The number of carbonyl (C=O) groups is 1. The number of hydrogen-bond donors (Lipinski definition) is 2. The molecule has 0 spiro atoms. The quantitative estimate of drug-likeness (QED) is 0.0265. The van der Waals surface area contributed by atoms with Crippen LogP contribution in [0, 0.1) is 11.3 Å². The lowest BCUT2D eigenvalue weighted by molar-refractivity contribution is -0.167. The monoisotopic (exact) mass is 1220 g/mol. The fraction of sp³-hybridized carbons (Fsp3) is 0.407. The summed E-state index contributed by atoms with van der Waals surface area (Å²) in [5, 5.41) is 12.3. The predicted molar refractivity (Wildman–Crippen MR) is 314 cm³/mol. The van der Waals surface area contributed by atoms with Crippen LogP contribution in [0.25, 0.3) is 11.2 Å². The Morgan fingerprint density at radius 3 is 1.97 bits per heavy atom. The number of aromatic amines is 1. The highest BCUT2D eigenvalue weighted by Gasteiger charge is 2.54. The Hall–Kier alpha value is -7.11. The second-order valence-corrected chi connectivity index (χ2v) is 23.8. The predicted octanol–water partition coefficient (Wildman–Crippen LogP) is 8.30. The zero-order valence-corrected chi connectivity index (χ0v) is 50.6. The van der Waals surface area contributed by atoms with Gasteiger partial charge in [-0.1, -0.05) is 72.8 Å². The number of methoxy groups -OCH3 is 4. The number of nitriles is 1. The van der Waals surface area contributed by atoms with Gasteiger partial charge in [-0.05, 0) is 80.8 Å². The van der Waals surface area contributed by atoms with Crippen molar-refractivity contribution in [2.24, 2.45) is 0 Å². The number of nitrogens with zero attached hydrogens (tertiary/aromatic N) is 7. The van der Waals surface area contributed by atoms with E-state index in [1.54, 1.807) is 49.1 Å². The summed E-state index contributed by atoms with van der Waals surface area (Å²) in [6, 6.07) is 36.1. The van der Waals surface area contributed by atoms with Crippen molar-refractivity contribution < 1.29 is 65.3 Å². The Bertz CT molecular complexity index is 3520. The molecule has 2 fully saturated rings. The Labute approximate surface area is 497 Å². The van der Waals surface area contributed by atoms with Crippen molar-refractivity contribution in [3.8, 4) is 17.6 Å². The maximum Gasteiger partial charge on any atom is 0.356 e. The summed E-state index contributed by atoms with van der Waals surface area (Å²) >= 11 is 0. The van der Waals surface area contributed by atoms with Gasteiger partial charge in [-0.25, -0.2) is 24.4 Å². The van der Waals surface area contributed by atoms with Gasteiger partial charge < -0.3 is 56.8 Å². The second kappa shape index (κ2) is 28.6. The Balaban J connectivity index is 1.11. The molecular formula is C59H69N9O16P2. The maximum absolute atomic E-state index is 15.6. The Morgan fingerprint density at radius 2 is 1.38 bits per heavy atom. The van der Waals surface area contributed by atoms with Crippen molar-refractivity contribution in [3.63, 3.8) is 0 Å². The molecule has 2 saturated heterocycles. The van der Waals surface area contributed by atoms with Crippen LogP contribution in [-0.2, 0) is 56.7 Å². The molecule has 86 heavy (non-hydrogen) atoms. The molecule has 25 nitrogen and oxygen atoms in total. The van der Waals surface area contributed by atoms with Crippen LogP contribution in [0.1, 0.15) is 73.6 Å². The van der Waals surface area contributed by atoms with Crippen LogP contribution in [0.3, 0.4) is 0 Å². The SMILES string of the molecule is COc1ccc(C(OC[C@H]2O[C@@H](n3cnc4c(NC(=O)c5ccccc5)ncnc43)[C@@H](OC)C2OP(=O)(CO[C@H]2O[C@@H](n3ccc(=O)[nH]c3=O)[C@@H](OC)[C@H]2OP(OCCC#N)N(C(C)C)C(C)C)OC)(c2ccccc2)c2ccc(OC)cc2)cc1. The first kappa shape index (κ1) is 63.4. The van der Waals surface area contributed by atoms with E-state index in [1.807, 2.05) is 111 Å². The van der Waals surface area contributed by atoms with Gasteiger partial charge in [0.05, 0.1) is 46.3 Å². The molecule has 27 heteroatoms. The van der Waals surface area contributed by atoms with E-state index in [1.165, 1.54) is 40.2 Å². The van der Waals surface area contributed by atoms with E-state index in [2.05, 4.69) is 31.3 Å². The molecule has 0 radical (unpaired) electrons. The van der Waals surface area contributed by atoms with Gasteiger partial charge in [-0.3, -0.25) is 32.8 Å². The largest absolute Gasteiger partial charge is 0.497 e. The van der Waals surface area contributed by atoms with Crippen LogP contribution in [0.5, 0.6) is 11.5 Å². The van der Waals surface area contributed by atoms with Gasteiger partial charge in [0.2, 0.25) is 0 Å². The van der Waals surface area contributed by atoms with Crippen LogP contribution in [0.4, 0.5) is 5.82 Å². The highest BCUT2D eigenvalue weighted by molar-refractivity contribution is 7.53. The van der Waals surface area contributed by atoms with Gasteiger partial charge in [0, 0.05) is 51.2 Å². The molecule has 456 valence electrons. The van der Waals surface area contributed by atoms with Crippen LogP contribution in [0.15, 0.2) is 144 Å². The standard InChI is InChI=1S/C59H69N9O16P2/c1-37(2)68(38(3)4)85(80-32-16-30-60)83-51-50(76-8)55(66-31-29-46(69)64-58(66)71)82-57(51)78-36-86(72,77-9)84-48-45(81-56(49(48)75-7)67-35-63-47-52(61-34-62-53(47)67)65-54(70)39-17-12-10-13-18-39)33-79-59(40-19-14-11-15-20-40,41-21-25-43(73-5)26-22-41)42-23-27-44(74-6)28-24-42/h10-15,17-29,31,34-35,37-38,45,48-51,55-57H,16,32-33,36H2,1-9H3,(H,64,69,71)(H,61,62,65,70)/t45-,48?,49+,50+,51-,55-,56-,57+,85?,86?/m1/s1. The van der Waals surface area contributed by atoms with Gasteiger partial charge in [0.1, 0.15) is 53.9 Å². The molecule has 4 aromatic carbocycles. The average molecular weight is 1220 g/mol. The highest BCUT2D eigenvalue weighted by Crippen LogP contribution is 2.55. The first-order chi connectivity index (χ1) is 41.6. The van der Waals surface area contributed by atoms with E-state index in [0.717, 1.165) is 16.2 Å². The molecule has 1 amide bonds. The molecule has 2 N–H and O–H groups in total.